The van der Waals surface area contributed by atoms with Crippen LogP contribution in [0.2, 0.25) is 0 Å². The third-order valence-electron chi connectivity index (χ3n) is 8.03. The Bertz CT molecular complexity index is 783. The molecule has 0 N–H and O–H groups in total. The number of hydrogen-bond donors (Lipinski definition) is 0. The number of nitrogens with zero attached hydrogens (tertiary/aromatic N) is 2. The number of hydrogen-bond acceptors (Lipinski definition) is 4. The van der Waals surface area contributed by atoms with Gasteiger partial charge in [-0.3, -0.25) is 9.69 Å². The lowest BCUT2D eigenvalue weighted by Crippen LogP contribution is -2.49. The van der Waals surface area contributed by atoms with Crippen LogP contribution in [0.15, 0.2) is 42.0 Å². The summed E-state index contributed by atoms with van der Waals surface area (Å²) < 4.78 is 5.94. The largest absolute Gasteiger partial charge is 0.461 e. The number of fused-ring (bicyclic) bond motifs is 2. The van der Waals surface area contributed by atoms with Crippen LogP contribution in [0.1, 0.15) is 39.5 Å². The van der Waals surface area contributed by atoms with Crippen LogP contribution in [0.3, 0.4) is 0 Å². The first-order valence-corrected chi connectivity index (χ1v) is 11.5. The first kappa shape index (κ1) is 19.2. The molecule has 2 heterocycles. The molecule has 0 spiro atoms. The molecule has 2 saturated heterocycles. The predicted molar refractivity (Wildman–Crippen MR) is 116 cm³/mol. The number of piperazine rings is 1. The average molecular weight is 395 g/mol. The number of esters is 1. The van der Waals surface area contributed by atoms with Crippen LogP contribution in [-0.4, -0.2) is 49.7 Å². The lowest BCUT2D eigenvalue weighted by molar-refractivity contribution is -0.145. The predicted octanol–water partition coefficient (Wildman–Crippen LogP) is 4.12. The number of carbonyl (C=O) groups is 1. The Balaban J connectivity index is 1.27. The van der Waals surface area contributed by atoms with Crippen molar-refractivity contribution in [2.45, 2.75) is 45.6 Å². The Kier molecular flexibility index (Phi) is 4.93. The van der Waals surface area contributed by atoms with E-state index in [4.69, 9.17) is 4.74 Å². The zero-order valence-corrected chi connectivity index (χ0v) is 17.8. The van der Waals surface area contributed by atoms with E-state index in [1.165, 1.54) is 24.9 Å². The highest BCUT2D eigenvalue weighted by molar-refractivity contribution is 5.76. The Morgan fingerprint density at radius 1 is 1.14 bits per heavy atom. The van der Waals surface area contributed by atoms with Crippen molar-refractivity contribution in [3.63, 3.8) is 0 Å². The number of anilines is 1. The van der Waals surface area contributed by atoms with E-state index >= 15 is 0 Å². The molecule has 0 amide bonds. The topological polar surface area (TPSA) is 32.8 Å². The highest BCUT2D eigenvalue weighted by Gasteiger charge is 2.52. The number of rotatable bonds is 3. The molecule has 5 unspecified atom stereocenters. The summed E-state index contributed by atoms with van der Waals surface area (Å²) >= 11 is 0. The number of carbonyl (C=O) groups excluding carboxylic acids is 1. The van der Waals surface area contributed by atoms with E-state index in [2.05, 4.69) is 60.1 Å². The normalized spacial score (nSPS) is 37.5. The van der Waals surface area contributed by atoms with Gasteiger partial charge in [0.2, 0.25) is 0 Å². The molecule has 1 saturated carbocycles. The SMILES string of the molecule is CC1CCCC2(C)CC3OC(=O)C(CN4CCN(c5ccccc5)CC4)C3C=C12. The molecule has 4 nitrogen and oxygen atoms in total. The molecule has 1 aromatic rings. The van der Waals surface area contributed by atoms with Gasteiger partial charge < -0.3 is 9.64 Å². The van der Waals surface area contributed by atoms with E-state index in [0.717, 1.165) is 39.1 Å². The van der Waals surface area contributed by atoms with Crippen molar-refractivity contribution in [2.75, 3.05) is 37.6 Å². The first-order valence-electron chi connectivity index (χ1n) is 11.5. The molecule has 5 rings (SSSR count). The van der Waals surface area contributed by atoms with Crippen molar-refractivity contribution in [3.05, 3.63) is 42.0 Å². The standard InChI is InChI=1S/C25H34N2O2/c1-18-7-6-10-25(2)16-23-20(15-22(18)25)21(24(28)29-23)17-26-11-13-27(14-12-26)19-8-4-3-5-9-19/h3-5,8-9,15,18,20-21,23H,6-7,10-14,16-17H2,1-2H3. The van der Waals surface area contributed by atoms with Crippen LogP contribution in [0.4, 0.5) is 5.69 Å². The molecule has 2 aliphatic heterocycles. The summed E-state index contributed by atoms with van der Waals surface area (Å²) in [5.74, 6) is 0.977. The summed E-state index contributed by atoms with van der Waals surface area (Å²) in [6.07, 6.45) is 7.44. The Labute approximate surface area is 174 Å². The molecule has 29 heavy (non-hydrogen) atoms. The van der Waals surface area contributed by atoms with E-state index in [9.17, 15) is 4.79 Å². The maximum atomic E-state index is 12.8. The molecule has 3 fully saturated rings. The van der Waals surface area contributed by atoms with Crippen molar-refractivity contribution in [1.82, 2.24) is 4.90 Å². The van der Waals surface area contributed by atoms with Gasteiger partial charge in [-0.1, -0.05) is 50.1 Å². The van der Waals surface area contributed by atoms with Crippen LogP contribution in [0.25, 0.3) is 0 Å². The smallest absolute Gasteiger partial charge is 0.311 e. The van der Waals surface area contributed by atoms with E-state index in [-0.39, 0.29) is 29.3 Å². The highest BCUT2D eigenvalue weighted by atomic mass is 16.6. The zero-order valence-electron chi connectivity index (χ0n) is 17.8. The highest BCUT2D eigenvalue weighted by Crippen LogP contribution is 2.54. The number of para-hydroxylation sites is 1. The van der Waals surface area contributed by atoms with Crippen LogP contribution >= 0.6 is 0 Å². The third-order valence-corrected chi connectivity index (χ3v) is 8.03. The maximum Gasteiger partial charge on any atom is 0.311 e. The minimum Gasteiger partial charge on any atom is -0.461 e. The second kappa shape index (κ2) is 7.46. The summed E-state index contributed by atoms with van der Waals surface area (Å²) in [5.41, 5.74) is 3.16. The quantitative estimate of drug-likeness (QED) is 0.570. The lowest BCUT2D eigenvalue weighted by atomic mass is 9.59. The Morgan fingerprint density at radius 2 is 1.90 bits per heavy atom. The van der Waals surface area contributed by atoms with E-state index in [0.29, 0.717) is 5.92 Å². The lowest BCUT2D eigenvalue weighted by Gasteiger charge is -2.46. The van der Waals surface area contributed by atoms with Crippen molar-refractivity contribution in [2.24, 2.45) is 23.2 Å². The van der Waals surface area contributed by atoms with Crippen molar-refractivity contribution >= 4 is 11.7 Å². The molecule has 2 aliphatic carbocycles. The summed E-state index contributed by atoms with van der Waals surface area (Å²) in [6.45, 7) is 9.69. The monoisotopic (exact) mass is 394 g/mol. The number of ether oxygens (including phenoxy) is 1. The fraction of sp³-hybridized carbons (Fsp3) is 0.640. The van der Waals surface area contributed by atoms with Crippen molar-refractivity contribution in [3.8, 4) is 0 Å². The average Bonchev–Trinajstić information content (AvgIpc) is 3.01. The third kappa shape index (κ3) is 3.50. The van der Waals surface area contributed by atoms with Crippen LogP contribution in [0, 0.1) is 23.2 Å². The minimum atomic E-state index is 0.00875. The van der Waals surface area contributed by atoms with Crippen molar-refractivity contribution < 1.29 is 9.53 Å². The fourth-order valence-corrected chi connectivity index (χ4v) is 6.36. The summed E-state index contributed by atoms with van der Waals surface area (Å²) in [6, 6.07) is 10.6. The molecule has 4 aliphatic rings. The molecular formula is C25H34N2O2. The van der Waals surface area contributed by atoms with Crippen LogP contribution in [0.5, 0.6) is 0 Å². The van der Waals surface area contributed by atoms with Crippen LogP contribution in [-0.2, 0) is 9.53 Å². The summed E-state index contributed by atoms with van der Waals surface area (Å²) in [7, 11) is 0. The molecule has 4 heteroatoms. The van der Waals surface area contributed by atoms with Crippen LogP contribution < -0.4 is 4.90 Å². The molecule has 0 bridgehead atoms. The minimum absolute atomic E-state index is 0.00875. The van der Waals surface area contributed by atoms with Gasteiger partial charge in [-0.25, -0.2) is 0 Å². The second-order valence-electron chi connectivity index (χ2n) is 9.96. The Morgan fingerprint density at radius 3 is 2.66 bits per heavy atom. The molecule has 1 aromatic carbocycles. The first-order chi connectivity index (χ1) is 14.0. The van der Waals surface area contributed by atoms with Gasteiger partial charge in [-0.15, -0.1) is 0 Å². The summed E-state index contributed by atoms with van der Waals surface area (Å²) in [5, 5.41) is 0. The van der Waals surface area contributed by atoms with Gasteiger partial charge in [0.1, 0.15) is 6.10 Å². The fourth-order valence-electron chi connectivity index (χ4n) is 6.36. The van der Waals surface area contributed by atoms with Crippen molar-refractivity contribution in [1.29, 1.82) is 0 Å². The zero-order chi connectivity index (χ0) is 20.0. The van der Waals surface area contributed by atoms with Gasteiger partial charge in [0.15, 0.2) is 0 Å². The summed E-state index contributed by atoms with van der Waals surface area (Å²) in [4.78, 5) is 17.7. The van der Waals surface area contributed by atoms with Gasteiger partial charge in [-0.05, 0) is 42.7 Å². The number of benzene rings is 1. The second-order valence-corrected chi connectivity index (χ2v) is 9.96. The Hall–Kier alpha value is -1.81. The maximum absolute atomic E-state index is 12.8. The van der Waals surface area contributed by atoms with Gasteiger partial charge in [0, 0.05) is 44.3 Å². The van der Waals surface area contributed by atoms with Gasteiger partial charge in [0.25, 0.3) is 0 Å². The molecular weight excluding hydrogens is 360 g/mol. The number of allylic oxidation sites excluding steroid dienone is 1. The molecule has 0 radical (unpaired) electrons. The molecule has 0 aromatic heterocycles. The van der Waals surface area contributed by atoms with E-state index in [1.807, 2.05) is 0 Å². The van der Waals surface area contributed by atoms with E-state index in [1.54, 1.807) is 5.57 Å². The molecule has 5 atom stereocenters. The molecule has 156 valence electrons. The van der Waals surface area contributed by atoms with E-state index < -0.39 is 0 Å². The van der Waals surface area contributed by atoms with Gasteiger partial charge in [-0.2, -0.15) is 0 Å². The van der Waals surface area contributed by atoms with Gasteiger partial charge in [0.05, 0.1) is 5.92 Å². The van der Waals surface area contributed by atoms with Gasteiger partial charge >= 0.3 is 5.97 Å².